The molecule has 3 nitrogen and oxygen atoms in total. The van der Waals surface area contributed by atoms with Crippen LogP contribution in [0.3, 0.4) is 0 Å². The fraction of sp³-hybridized carbons (Fsp3) is 0.917. The Labute approximate surface area is 164 Å². The molecule has 0 aromatic rings. The van der Waals surface area contributed by atoms with Crippen LogP contribution in [-0.2, 0) is 9.47 Å². The van der Waals surface area contributed by atoms with Gasteiger partial charge in [-0.25, -0.2) is 0 Å². The molecule has 152 valence electrons. The third-order valence-corrected chi connectivity index (χ3v) is 9.70. The lowest BCUT2D eigenvalue weighted by Gasteiger charge is -2.63. The molecule has 0 spiro atoms. The minimum absolute atomic E-state index is 0.151. The van der Waals surface area contributed by atoms with Crippen LogP contribution < -0.4 is 0 Å². The first-order chi connectivity index (χ1) is 12.7. The average Bonchev–Trinajstić information content (AvgIpc) is 3.11. The Morgan fingerprint density at radius 1 is 0.926 bits per heavy atom. The molecule has 9 atom stereocenters. The van der Waals surface area contributed by atoms with Gasteiger partial charge in [0, 0.05) is 0 Å². The highest BCUT2D eigenvalue weighted by Crippen LogP contribution is 2.69. The molecule has 0 radical (unpaired) electrons. The van der Waals surface area contributed by atoms with Crippen molar-refractivity contribution in [3.8, 4) is 0 Å². The molecule has 5 aliphatic rings. The van der Waals surface area contributed by atoms with Crippen LogP contribution in [0.1, 0.15) is 79.6 Å². The van der Waals surface area contributed by atoms with Crippen molar-refractivity contribution in [1.29, 1.82) is 0 Å². The fourth-order valence-electron chi connectivity index (χ4n) is 8.48. The van der Waals surface area contributed by atoms with Crippen LogP contribution in [0.25, 0.3) is 0 Å². The number of aliphatic hydroxyl groups is 1. The van der Waals surface area contributed by atoms with Crippen LogP contribution in [0, 0.1) is 34.5 Å². The highest BCUT2D eigenvalue weighted by Gasteiger charge is 2.67. The van der Waals surface area contributed by atoms with Crippen molar-refractivity contribution >= 4 is 0 Å². The minimum Gasteiger partial charge on any atom is -0.393 e. The Hall–Kier alpha value is -0.380. The van der Waals surface area contributed by atoms with E-state index in [0.29, 0.717) is 23.2 Å². The Kier molecular flexibility index (Phi) is 4.02. The Bertz CT molecular complexity index is 654. The summed E-state index contributed by atoms with van der Waals surface area (Å²) in [6.07, 6.45) is 10.8. The van der Waals surface area contributed by atoms with Crippen molar-refractivity contribution in [1.82, 2.24) is 0 Å². The number of hydrogen-bond donors (Lipinski definition) is 1. The molecule has 4 aliphatic carbocycles. The maximum Gasteiger partial charge on any atom is 0.163 e. The normalized spacial score (nSPS) is 57.7. The molecular weight excluding hydrogens is 336 g/mol. The van der Waals surface area contributed by atoms with Crippen LogP contribution in [0.15, 0.2) is 11.6 Å². The fourth-order valence-corrected chi connectivity index (χ4v) is 8.48. The Balaban J connectivity index is 1.59. The number of aliphatic hydroxyl groups excluding tert-OH is 1. The second-order valence-corrected chi connectivity index (χ2v) is 11.2. The maximum atomic E-state index is 10.5. The average molecular weight is 375 g/mol. The second kappa shape index (κ2) is 5.83. The van der Waals surface area contributed by atoms with Crippen molar-refractivity contribution in [2.45, 2.75) is 104 Å². The quantitative estimate of drug-likeness (QED) is 0.601. The lowest BCUT2D eigenvalue weighted by Crippen LogP contribution is -2.63. The maximum absolute atomic E-state index is 10.5. The largest absolute Gasteiger partial charge is 0.393 e. The van der Waals surface area contributed by atoms with E-state index >= 15 is 0 Å². The van der Waals surface area contributed by atoms with Crippen molar-refractivity contribution in [2.24, 2.45) is 34.5 Å². The van der Waals surface area contributed by atoms with Gasteiger partial charge in [0.25, 0.3) is 0 Å². The zero-order valence-electron chi connectivity index (χ0n) is 17.8. The highest BCUT2D eigenvalue weighted by atomic mass is 16.8. The van der Waals surface area contributed by atoms with E-state index in [9.17, 15) is 5.11 Å². The standard InChI is InChI=1S/C24H38O3/c1-6-14-7-8-16-19-17(10-12-23(14,16)4)24(5)11-9-15(25)13-18(24)20-21(19)27-22(2,3)26-20/h6,15-21,25H,7-13H2,1-5H3/b14-6-/t15-,16?,17?,18?,19?,20+,21+,23+,24+/m0/s1. The van der Waals surface area contributed by atoms with Gasteiger partial charge in [0.2, 0.25) is 0 Å². The number of hydrogen-bond acceptors (Lipinski definition) is 3. The molecule has 0 aromatic heterocycles. The first kappa shape index (κ1) is 18.6. The SMILES string of the molecule is C/C=C1/CCC2C3C(CC[C@]12C)[C@@]1(C)CC[C@H](O)CC1[C@H]1OC(C)(C)O[C@H]31. The summed E-state index contributed by atoms with van der Waals surface area (Å²) >= 11 is 0. The van der Waals surface area contributed by atoms with E-state index < -0.39 is 5.79 Å². The van der Waals surface area contributed by atoms with Gasteiger partial charge in [-0.05, 0) is 100 Å². The van der Waals surface area contributed by atoms with Gasteiger partial charge in [0.05, 0.1) is 18.3 Å². The van der Waals surface area contributed by atoms with E-state index in [1.165, 1.54) is 25.7 Å². The lowest BCUT2D eigenvalue weighted by atomic mass is 9.43. The number of allylic oxidation sites excluding steroid dienone is 2. The van der Waals surface area contributed by atoms with E-state index in [-0.39, 0.29) is 23.7 Å². The Morgan fingerprint density at radius 2 is 1.67 bits per heavy atom. The molecule has 0 bridgehead atoms. The van der Waals surface area contributed by atoms with Crippen molar-refractivity contribution in [3.05, 3.63) is 11.6 Å². The molecule has 1 N–H and O–H groups in total. The van der Waals surface area contributed by atoms with Crippen LogP contribution in [-0.4, -0.2) is 29.2 Å². The van der Waals surface area contributed by atoms with Gasteiger partial charge in [0.1, 0.15) is 0 Å². The summed E-state index contributed by atoms with van der Waals surface area (Å²) in [5.74, 6) is 1.97. The predicted molar refractivity (Wildman–Crippen MR) is 106 cm³/mol. The molecule has 1 saturated heterocycles. The predicted octanol–water partition coefficient (Wildman–Crippen LogP) is 5.08. The molecule has 0 aromatic carbocycles. The molecule has 4 unspecified atom stereocenters. The third-order valence-electron chi connectivity index (χ3n) is 9.70. The molecular formula is C24H38O3. The van der Waals surface area contributed by atoms with Crippen molar-refractivity contribution < 1.29 is 14.6 Å². The number of rotatable bonds is 0. The third kappa shape index (κ3) is 2.43. The molecule has 0 amide bonds. The monoisotopic (exact) mass is 374 g/mol. The van der Waals surface area contributed by atoms with Crippen molar-refractivity contribution in [2.75, 3.05) is 0 Å². The second-order valence-electron chi connectivity index (χ2n) is 11.2. The molecule has 1 heterocycles. The van der Waals surface area contributed by atoms with E-state index in [4.69, 9.17) is 9.47 Å². The van der Waals surface area contributed by atoms with Crippen molar-refractivity contribution in [3.63, 3.8) is 0 Å². The van der Waals surface area contributed by atoms with Crippen LogP contribution in [0.4, 0.5) is 0 Å². The van der Waals surface area contributed by atoms with E-state index in [2.05, 4.69) is 40.7 Å². The summed E-state index contributed by atoms with van der Waals surface area (Å²) in [7, 11) is 0. The summed E-state index contributed by atoms with van der Waals surface area (Å²) in [4.78, 5) is 0. The van der Waals surface area contributed by atoms with E-state index in [1.54, 1.807) is 5.57 Å². The van der Waals surface area contributed by atoms with Crippen LogP contribution >= 0.6 is 0 Å². The molecule has 27 heavy (non-hydrogen) atoms. The summed E-state index contributed by atoms with van der Waals surface area (Å²) in [5, 5.41) is 10.5. The summed E-state index contributed by atoms with van der Waals surface area (Å²) < 4.78 is 13.2. The minimum atomic E-state index is -0.497. The van der Waals surface area contributed by atoms with Crippen LogP contribution in [0.2, 0.25) is 0 Å². The molecule has 1 aliphatic heterocycles. The first-order valence-electron chi connectivity index (χ1n) is 11.4. The Morgan fingerprint density at radius 3 is 2.41 bits per heavy atom. The van der Waals surface area contributed by atoms with Crippen LogP contribution in [0.5, 0.6) is 0 Å². The van der Waals surface area contributed by atoms with Gasteiger partial charge in [-0.2, -0.15) is 0 Å². The summed E-state index contributed by atoms with van der Waals surface area (Å²) in [6.45, 7) is 11.5. The molecule has 3 heteroatoms. The van der Waals surface area contributed by atoms with Gasteiger partial charge in [-0.1, -0.05) is 25.5 Å². The van der Waals surface area contributed by atoms with Gasteiger partial charge >= 0.3 is 0 Å². The van der Waals surface area contributed by atoms with Gasteiger partial charge in [0.15, 0.2) is 5.79 Å². The zero-order chi connectivity index (χ0) is 19.2. The van der Waals surface area contributed by atoms with Gasteiger partial charge in [-0.3, -0.25) is 0 Å². The lowest BCUT2D eigenvalue weighted by molar-refractivity contribution is -0.182. The highest BCUT2D eigenvalue weighted by molar-refractivity contribution is 5.25. The molecule has 5 rings (SSSR count). The van der Waals surface area contributed by atoms with Gasteiger partial charge in [-0.15, -0.1) is 0 Å². The first-order valence-corrected chi connectivity index (χ1v) is 11.4. The van der Waals surface area contributed by atoms with Gasteiger partial charge < -0.3 is 14.6 Å². The molecule has 5 fully saturated rings. The summed E-state index contributed by atoms with van der Waals surface area (Å²) in [6, 6.07) is 0. The van der Waals surface area contributed by atoms with E-state index in [0.717, 1.165) is 25.2 Å². The van der Waals surface area contributed by atoms with E-state index in [1.807, 2.05) is 0 Å². The number of ether oxygens (including phenoxy) is 2. The topological polar surface area (TPSA) is 38.7 Å². The zero-order valence-corrected chi connectivity index (χ0v) is 17.8. The number of fused-ring (bicyclic) bond motifs is 8. The molecule has 4 saturated carbocycles. The smallest absolute Gasteiger partial charge is 0.163 e. The summed E-state index contributed by atoms with van der Waals surface area (Å²) in [5.41, 5.74) is 2.33.